The van der Waals surface area contributed by atoms with Crippen molar-refractivity contribution in [3.05, 3.63) is 47.6 Å². The summed E-state index contributed by atoms with van der Waals surface area (Å²) in [5.41, 5.74) is 0.263. The maximum Gasteiger partial charge on any atom is 0.313 e. The van der Waals surface area contributed by atoms with E-state index in [1.165, 1.54) is 12.1 Å². The predicted octanol–water partition coefficient (Wildman–Crippen LogP) is 2.24. The number of amides is 2. The van der Waals surface area contributed by atoms with Gasteiger partial charge in [-0.1, -0.05) is 11.6 Å². The first-order valence-corrected chi connectivity index (χ1v) is 8.96. The highest BCUT2D eigenvalue weighted by Gasteiger charge is 2.22. The molecule has 2 N–H and O–H groups in total. The maximum absolute atomic E-state index is 13.1. The standard InChI is InChI=1S/C18H19ClFN5O2/c19-14-9-13(1-2-15(14)20)24-18(27)17(26)23-10-12-3-7-25(8-4-12)16-11-21-5-6-22-16/h1-2,5-6,9,11-12H,3-4,7-8,10H2,(H,23,26)(H,24,27). The first-order chi connectivity index (χ1) is 13.0. The van der Waals surface area contributed by atoms with E-state index in [1.807, 2.05) is 0 Å². The Morgan fingerprint density at radius 3 is 2.67 bits per heavy atom. The van der Waals surface area contributed by atoms with Gasteiger partial charge in [-0.15, -0.1) is 0 Å². The second-order valence-corrected chi connectivity index (χ2v) is 6.69. The van der Waals surface area contributed by atoms with Crippen LogP contribution in [0.5, 0.6) is 0 Å². The lowest BCUT2D eigenvalue weighted by Crippen LogP contribution is -2.42. The number of benzene rings is 1. The molecule has 27 heavy (non-hydrogen) atoms. The Bertz CT molecular complexity index is 813. The van der Waals surface area contributed by atoms with E-state index < -0.39 is 17.6 Å². The van der Waals surface area contributed by atoms with Crippen LogP contribution in [0.3, 0.4) is 0 Å². The molecule has 0 bridgehead atoms. The van der Waals surface area contributed by atoms with Crippen LogP contribution in [0.1, 0.15) is 12.8 Å². The van der Waals surface area contributed by atoms with Gasteiger partial charge in [0.2, 0.25) is 0 Å². The molecule has 7 nitrogen and oxygen atoms in total. The Labute approximate surface area is 160 Å². The average Bonchev–Trinajstić information content (AvgIpc) is 2.70. The third-order valence-corrected chi connectivity index (χ3v) is 4.71. The fourth-order valence-electron chi connectivity index (χ4n) is 2.90. The molecule has 0 radical (unpaired) electrons. The molecule has 1 saturated heterocycles. The quantitative estimate of drug-likeness (QED) is 0.780. The number of carbonyl (C=O) groups excluding carboxylic acids is 2. The number of piperidine rings is 1. The molecule has 3 rings (SSSR count). The molecule has 0 unspecified atom stereocenters. The van der Waals surface area contributed by atoms with E-state index >= 15 is 0 Å². The zero-order valence-corrected chi connectivity index (χ0v) is 15.2. The second-order valence-electron chi connectivity index (χ2n) is 6.29. The number of rotatable bonds is 4. The highest BCUT2D eigenvalue weighted by molar-refractivity contribution is 6.39. The number of nitrogens with zero attached hydrogens (tertiary/aromatic N) is 3. The summed E-state index contributed by atoms with van der Waals surface area (Å²) in [7, 11) is 0. The van der Waals surface area contributed by atoms with E-state index in [9.17, 15) is 14.0 Å². The topological polar surface area (TPSA) is 87.2 Å². The number of nitrogens with one attached hydrogen (secondary N) is 2. The van der Waals surface area contributed by atoms with Gasteiger partial charge in [0.25, 0.3) is 0 Å². The van der Waals surface area contributed by atoms with Gasteiger partial charge in [0.05, 0.1) is 11.2 Å². The van der Waals surface area contributed by atoms with Gasteiger partial charge in [-0.3, -0.25) is 14.6 Å². The number of anilines is 2. The van der Waals surface area contributed by atoms with Crippen LogP contribution in [0.4, 0.5) is 15.9 Å². The summed E-state index contributed by atoms with van der Waals surface area (Å²) in [5.74, 6) is -0.999. The van der Waals surface area contributed by atoms with E-state index in [-0.39, 0.29) is 16.6 Å². The summed E-state index contributed by atoms with van der Waals surface area (Å²) in [4.78, 5) is 34.4. The Kier molecular flexibility index (Phi) is 6.18. The molecule has 1 fully saturated rings. The number of aromatic nitrogens is 2. The average molecular weight is 392 g/mol. The fourth-order valence-corrected chi connectivity index (χ4v) is 3.08. The summed E-state index contributed by atoms with van der Waals surface area (Å²) in [6.07, 6.45) is 6.79. The smallest absolute Gasteiger partial charge is 0.313 e. The molecule has 1 aromatic carbocycles. The molecule has 0 atom stereocenters. The molecule has 1 aliphatic rings. The highest BCUT2D eigenvalue weighted by Crippen LogP contribution is 2.21. The van der Waals surface area contributed by atoms with Gasteiger partial charge in [-0.25, -0.2) is 9.37 Å². The normalized spacial score (nSPS) is 14.7. The minimum Gasteiger partial charge on any atom is -0.355 e. The van der Waals surface area contributed by atoms with Crippen LogP contribution in [-0.2, 0) is 9.59 Å². The zero-order valence-electron chi connectivity index (χ0n) is 14.5. The molecule has 2 heterocycles. The van der Waals surface area contributed by atoms with E-state index in [2.05, 4.69) is 25.5 Å². The predicted molar refractivity (Wildman–Crippen MR) is 100 cm³/mol. The Morgan fingerprint density at radius 2 is 2.00 bits per heavy atom. The number of hydrogen-bond acceptors (Lipinski definition) is 5. The fraction of sp³-hybridized carbons (Fsp3) is 0.333. The van der Waals surface area contributed by atoms with Crippen molar-refractivity contribution in [2.24, 2.45) is 5.92 Å². The van der Waals surface area contributed by atoms with Crippen LogP contribution in [0.25, 0.3) is 0 Å². The third-order valence-electron chi connectivity index (χ3n) is 4.42. The molecule has 0 spiro atoms. The van der Waals surface area contributed by atoms with Crippen molar-refractivity contribution in [3.8, 4) is 0 Å². The van der Waals surface area contributed by atoms with Gasteiger partial charge < -0.3 is 15.5 Å². The second kappa shape index (κ2) is 8.77. The van der Waals surface area contributed by atoms with E-state index in [4.69, 9.17) is 11.6 Å². The molecule has 9 heteroatoms. The van der Waals surface area contributed by atoms with Crippen molar-refractivity contribution in [3.63, 3.8) is 0 Å². The van der Waals surface area contributed by atoms with Gasteiger partial charge in [0, 0.05) is 37.7 Å². The molecule has 1 aromatic heterocycles. The molecule has 2 aromatic rings. The molecule has 0 aliphatic carbocycles. The lowest BCUT2D eigenvalue weighted by molar-refractivity contribution is -0.136. The van der Waals surface area contributed by atoms with Crippen LogP contribution in [0, 0.1) is 11.7 Å². The molecular weight excluding hydrogens is 373 g/mol. The number of carbonyl (C=O) groups is 2. The lowest BCUT2D eigenvalue weighted by atomic mass is 9.97. The van der Waals surface area contributed by atoms with Crippen molar-refractivity contribution >= 4 is 34.9 Å². The van der Waals surface area contributed by atoms with Crippen LogP contribution < -0.4 is 15.5 Å². The van der Waals surface area contributed by atoms with Crippen LogP contribution >= 0.6 is 11.6 Å². The third kappa shape index (κ3) is 5.13. The van der Waals surface area contributed by atoms with Gasteiger partial charge in [0.15, 0.2) is 0 Å². The van der Waals surface area contributed by atoms with Crippen LogP contribution in [0.15, 0.2) is 36.8 Å². The first kappa shape index (κ1) is 19.0. The maximum atomic E-state index is 13.1. The van der Waals surface area contributed by atoms with Crippen molar-refractivity contribution in [1.82, 2.24) is 15.3 Å². The summed E-state index contributed by atoms with van der Waals surface area (Å²) >= 11 is 5.66. The van der Waals surface area contributed by atoms with Gasteiger partial charge in [-0.2, -0.15) is 0 Å². The Morgan fingerprint density at radius 1 is 1.22 bits per heavy atom. The van der Waals surface area contributed by atoms with Crippen molar-refractivity contribution in [2.45, 2.75) is 12.8 Å². The summed E-state index contributed by atoms with van der Waals surface area (Å²) in [6.45, 7) is 2.06. The molecule has 1 aliphatic heterocycles. The zero-order chi connectivity index (χ0) is 19.2. The first-order valence-electron chi connectivity index (χ1n) is 8.58. The molecular formula is C18H19ClFN5O2. The molecule has 2 amide bonds. The highest BCUT2D eigenvalue weighted by atomic mass is 35.5. The van der Waals surface area contributed by atoms with E-state index in [1.54, 1.807) is 18.6 Å². The van der Waals surface area contributed by atoms with E-state index in [0.717, 1.165) is 37.8 Å². The summed E-state index contributed by atoms with van der Waals surface area (Å²) in [6, 6.07) is 3.72. The minimum absolute atomic E-state index is 0.122. The van der Waals surface area contributed by atoms with Crippen LogP contribution in [-0.4, -0.2) is 41.4 Å². The van der Waals surface area contributed by atoms with Crippen molar-refractivity contribution in [1.29, 1.82) is 0 Å². The largest absolute Gasteiger partial charge is 0.355 e. The molecule has 142 valence electrons. The van der Waals surface area contributed by atoms with Crippen molar-refractivity contribution in [2.75, 3.05) is 29.9 Å². The SMILES string of the molecule is O=C(NCC1CCN(c2cnccn2)CC1)C(=O)Nc1ccc(F)c(Cl)c1. The Balaban J connectivity index is 1.42. The lowest BCUT2D eigenvalue weighted by Gasteiger charge is -2.32. The van der Waals surface area contributed by atoms with Gasteiger partial charge >= 0.3 is 11.8 Å². The minimum atomic E-state index is -0.810. The molecule has 0 saturated carbocycles. The number of hydrogen-bond donors (Lipinski definition) is 2. The Hall–Kier alpha value is -2.74. The number of halogens is 2. The monoisotopic (exact) mass is 391 g/mol. The summed E-state index contributed by atoms with van der Waals surface area (Å²) in [5, 5.41) is 4.93. The van der Waals surface area contributed by atoms with E-state index in [0.29, 0.717) is 6.54 Å². The van der Waals surface area contributed by atoms with Crippen molar-refractivity contribution < 1.29 is 14.0 Å². The van der Waals surface area contributed by atoms with Gasteiger partial charge in [0.1, 0.15) is 11.6 Å². The van der Waals surface area contributed by atoms with Crippen LogP contribution in [0.2, 0.25) is 5.02 Å². The summed E-state index contributed by atoms with van der Waals surface area (Å²) < 4.78 is 13.1. The van der Waals surface area contributed by atoms with Gasteiger partial charge in [-0.05, 0) is 37.0 Å².